The second-order valence-corrected chi connectivity index (χ2v) is 6.49. The number of fused-ring (bicyclic) bond motifs is 1. The molecule has 0 atom stereocenters. The van der Waals surface area contributed by atoms with Crippen LogP contribution < -0.4 is 20.9 Å². The van der Waals surface area contributed by atoms with Crippen LogP contribution >= 0.6 is 0 Å². The van der Waals surface area contributed by atoms with E-state index in [1.165, 1.54) is 6.20 Å². The molecule has 4 rings (SSSR count). The first kappa shape index (κ1) is 16.8. The van der Waals surface area contributed by atoms with E-state index in [0.29, 0.717) is 22.5 Å². The first-order valence-electron chi connectivity index (χ1n) is 8.71. The highest BCUT2D eigenvalue weighted by Gasteiger charge is 2.25. The van der Waals surface area contributed by atoms with Gasteiger partial charge < -0.3 is 16.0 Å². The minimum atomic E-state index is -0.513. The van der Waals surface area contributed by atoms with Gasteiger partial charge in [-0.2, -0.15) is 5.26 Å². The molecular weight excluding hydrogens is 344 g/mol. The minimum absolute atomic E-state index is 0.201. The Morgan fingerprint density at radius 3 is 2.81 bits per heavy atom. The summed E-state index contributed by atoms with van der Waals surface area (Å²) in [6.07, 6.45) is 6.52. The lowest BCUT2D eigenvalue weighted by Crippen LogP contribution is -2.39. The number of pyridine rings is 2. The van der Waals surface area contributed by atoms with E-state index >= 15 is 0 Å². The van der Waals surface area contributed by atoms with Gasteiger partial charge in [-0.15, -0.1) is 4.98 Å². The maximum atomic E-state index is 11.8. The smallest absolute Gasteiger partial charge is 0.301 e. The van der Waals surface area contributed by atoms with Gasteiger partial charge in [0.1, 0.15) is 23.6 Å². The summed E-state index contributed by atoms with van der Waals surface area (Å²) in [5.41, 5.74) is 8.53. The summed E-state index contributed by atoms with van der Waals surface area (Å²) in [5, 5.41) is 12.3. The summed E-state index contributed by atoms with van der Waals surface area (Å²) in [7, 11) is 0. The molecule has 0 spiro atoms. The van der Waals surface area contributed by atoms with Crippen molar-refractivity contribution < 1.29 is 9.78 Å². The number of aromatic nitrogens is 4. The average Bonchev–Trinajstić information content (AvgIpc) is 3.18. The highest BCUT2D eigenvalue weighted by molar-refractivity contribution is 6.04. The third-order valence-corrected chi connectivity index (χ3v) is 4.81. The van der Waals surface area contributed by atoms with Crippen LogP contribution in [0.5, 0.6) is 0 Å². The second kappa shape index (κ2) is 6.92. The van der Waals surface area contributed by atoms with Gasteiger partial charge >= 0.3 is 5.65 Å². The minimum Gasteiger partial charge on any atom is -0.378 e. The molecule has 1 saturated heterocycles. The van der Waals surface area contributed by atoms with E-state index in [1.807, 2.05) is 6.07 Å². The summed E-state index contributed by atoms with van der Waals surface area (Å²) in [6, 6.07) is 5.93. The van der Waals surface area contributed by atoms with Crippen LogP contribution in [-0.2, 0) is 0 Å². The van der Waals surface area contributed by atoms with Crippen LogP contribution in [0.1, 0.15) is 28.8 Å². The van der Waals surface area contributed by atoms with Crippen molar-refractivity contribution in [2.75, 3.05) is 23.3 Å². The number of nitrogens with two attached hydrogens (primary N) is 1. The number of nitrogens with zero attached hydrogens (tertiary/aromatic N) is 4. The number of primary amides is 1. The number of H-pyrrole nitrogens is 2. The summed E-state index contributed by atoms with van der Waals surface area (Å²) >= 11 is 0. The van der Waals surface area contributed by atoms with Crippen LogP contribution in [0, 0.1) is 11.3 Å². The van der Waals surface area contributed by atoms with Crippen LogP contribution in [0.2, 0.25) is 0 Å². The summed E-state index contributed by atoms with van der Waals surface area (Å²) in [6.45, 7) is 1.65. The number of aromatic amines is 2. The Morgan fingerprint density at radius 1 is 1.33 bits per heavy atom. The van der Waals surface area contributed by atoms with E-state index in [4.69, 9.17) is 11.0 Å². The predicted octanol–water partition coefficient (Wildman–Crippen LogP) is 0.823. The van der Waals surface area contributed by atoms with E-state index in [9.17, 15) is 4.79 Å². The topological polar surface area (TPSA) is 138 Å². The summed E-state index contributed by atoms with van der Waals surface area (Å²) < 4.78 is 0. The number of piperidine rings is 1. The quantitative estimate of drug-likeness (QED) is 0.627. The molecule has 1 fully saturated rings. The normalized spacial score (nSPS) is 14.9. The molecule has 136 valence electrons. The highest BCUT2D eigenvalue weighted by Crippen LogP contribution is 2.26. The maximum Gasteiger partial charge on any atom is 0.301 e. The van der Waals surface area contributed by atoms with Gasteiger partial charge in [-0.25, -0.2) is 9.97 Å². The van der Waals surface area contributed by atoms with Crippen LogP contribution in [0.25, 0.3) is 11.2 Å². The van der Waals surface area contributed by atoms with Gasteiger partial charge in [0.25, 0.3) is 5.91 Å². The monoisotopic (exact) mass is 363 g/mol. The number of imidazole rings is 1. The zero-order chi connectivity index (χ0) is 18.8. The first-order chi connectivity index (χ1) is 13.2. The highest BCUT2D eigenvalue weighted by atomic mass is 16.1. The van der Waals surface area contributed by atoms with Crippen molar-refractivity contribution in [2.24, 2.45) is 5.73 Å². The molecule has 0 aromatic carbocycles. The van der Waals surface area contributed by atoms with Crippen LogP contribution in [0.3, 0.4) is 0 Å². The summed E-state index contributed by atoms with van der Waals surface area (Å²) in [5.74, 6) is 0.358. The molecule has 0 radical (unpaired) electrons. The van der Waals surface area contributed by atoms with Crippen molar-refractivity contribution in [1.82, 2.24) is 15.0 Å². The standard InChI is InChI=1S/C18H18N8O/c19-7-11-1-2-14(21-8-11)26-5-3-12(4-6-26)25-15-13(17(20)27)9-22-18-16(15)23-10-24-18/h1-2,8-10,12H,3-6H2,(H2,20,27)(H2,22,23,24,25)/p+1. The number of carbonyl (C=O) groups is 1. The molecule has 9 heteroatoms. The Kier molecular flexibility index (Phi) is 4.30. The number of hydrogen-bond acceptors (Lipinski definition) is 6. The molecule has 3 aromatic heterocycles. The van der Waals surface area contributed by atoms with Gasteiger partial charge in [0, 0.05) is 25.3 Å². The van der Waals surface area contributed by atoms with Crippen LogP contribution in [0.15, 0.2) is 30.9 Å². The molecule has 0 saturated carbocycles. The molecular formula is C18H19N8O+. The third-order valence-electron chi connectivity index (χ3n) is 4.81. The Balaban J connectivity index is 1.49. The van der Waals surface area contributed by atoms with Crippen molar-refractivity contribution in [2.45, 2.75) is 18.9 Å². The molecule has 5 N–H and O–H groups in total. The van der Waals surface area contributed by atoms with Crippen molar-refractivity contribution in [3.63, 3.8) is 0 Å². The Hall–Kier alpha value is -3.67. The number of anilines is 2. The lowest BCUT2D eigenvalue weighted by Gasteiger charge is -2.33. The van der Waals surface area contributed by atoms with Gasteiger partial charge in [0.2, 0.25) is 0 Å². The molecule has 3 aromatic rings. The zero-order valence-electron chi connectivity index (χ0n) is 14.6. The molecule has 0 aliphatic carbocycles. The van der Waals surface area contributed by atoms with Gasteiger partial charge in [-0.3, -0.25) is 9.78 Å². The van der Waals surface area contributed by atoms with E-state index in [2.05, 4.69) is 36.2 Å². The number of nitrogens with one attached hydrogen (secondary N) is 3. The van der Waals surface area contributed by atoms with E-state index in [1.54, 1.807) is 18.6 Å². The number of hydrogen-bond donors (Lipinski definition) is 3. The van der Waals surface area contributed by atoms with Gasteiger partial charge in [0.15, 0.2) is 11.8 Å². The van der Waals surface area contributed by atoms with Crippen LogP contribution in [0.4, 0.5) is 11.5 Å². The number of rotatable bonds is 4. The van der Waals surface area contributed by atoms with E-state index in [0.717, 1.165) is 37.3 Å². The largest absolute Gasteiger partial charge is 0.378 e. The van der Waals surface area contributed by atoms with E-state index < -0.39 is 5.91 Å². The zero-order valence-corrected chi connectivity index (χ0v) is 14.6. The number of carbonyl (C=O) groups excluding carboxylic acids is 1. The van der Waals surface area contributed by atoms with Crippen molar-refractivity contribution in [1.29, 1.82) is 5.26 Å². The molecule has 0 bridgehead atoms. The molecule has 27 heavy (non-hydrogen) atoms. The lowest BCUT2D eigenvalue weighted by atomic mass is 10.0. The average molecular weight is 363 g/mol. The van der Waals surface area contributed by atoms with Gasteiger partial charge in [0.05, 0.1) is 11.3 Å². The SMILES string of the molecule is N#Cc1ccc(N2CCC(Nc3c(C(N)=O)cnc4[nH+]c[nH]c34)CC2)nc1. The second-order valence-electron chi connectivity index (χ2n) is 6.49. The third kappa shape index (κ3) is 3.25. The lowest BCUT2D eigenvalue weighted by molar-refractivity contribution is -0.347. The van der Waals surface area contributed by atoms with Crippen LogP contribution in [-0.4, -0.2) is 40.0 Å². The van der Waals surface area contributed by atoms with E-state index in [-0.39, 0.29) is 6.04 Å². The first-order valence-corrected chi connectivity index (χ1v) is 8.71. The fourth-order valence-corrected chi connectivity index (χ4v) is 3.37. The molecule has 0 unspecified atom stereocenters. The fourth-order valence-electron chi connectivity index (χ4n) is 3.37. The molecule has 4 heterocycles. The molecule has 1 aliphatic rings. The Morgan fingerprint density at radius 2 is 2.15 bits per heavy atom. The maximum absolute atomic E-state index is 11.8. The molecule has 9 nitrogen and oxygen atoms in total. The molecule has 1 amide bonds. The predicted molar refractivity (Wildman–Crippen MR) is 99.0 cm³/mol. The Labute approximate surface area is 155 Å². The number of nitriles is 1. The number of amides is 1. The van der Waals surface area contributed by atoms with Crippen molar-refractivity contribution in [3.05, 3.63) is 42.0 Å². The Bertz CT molecular complexity index is 1010. The summed E-state index contributed by atoms with van der Waals surface area (Å²) in [4.78, 5) is 28.6. The van der Waals surface area contributed by atoms with Crippen molar-refractivity contribution in [3.8, 4) is 6.07 Å². The van der Waals surface area contributed by atoms with Gasteiger partial charge in [-0.05, 0) is 25.0 Å². The van der Waals surface area contributed by atoms with Gasteiger partial charge in [-0.1, -0.05) is 0 Å². The van der Waals surface area contributed by atoms with Crippen molar-refractivity contribution >= 4 is 28.6 Å². The molecule has 1 aliphatic heterocycles. The fraction of sp³-hybridized carbons (Fsp3) is 0.278.